The van der Waals surface area contributed by atoms with Gasteiger partial charge >= 0.3 is 0 Å². The molecule has 1 unspecified atom stereocenters. The van der Waals surface area contributed by atoms with Crippen LogP contribution in [0.2, 0.25) is 0 Å². The Morgan fingerprint density at radius 2 is 2.12 bits per heavy atom. The Morgan fingerprint density at radius 1 is 1.41 bits per heavy atom. The zero-order valence-electron chi connectivity index (χ0n) is 10.7. The summed E-state index contributed by atoms with van der Waals surface area (Å²) in [7, 11) is 3.50. The highest BCUT2D eigenvalue weighted by Crippen LogP contribution is 2.29. The third kappa shape index (κ3) is 4.24. The minimum atomic E-state index is -0.295. The first kappa shape index (κ1) is 13.8. The van der Waals surface area contributed by atoms with Gasteiger partial charge in [-0.25, -0.2) is 0 Å². The Kier molecular flexibility index (Phi) is 5.25. The highest BCUT2D eigenvalue weighted by atomic mass is 16.5. The van der Waals surface area contributed by atoms with Crippen molar-refractivity contribution < 1.29 is 14.9 Å². The van der Waals surface area contributed by atoms with Gasteiger partial charge in [0.05, 0.1) is 13.2 Å². The maximum Gasteiger partial charge on any atom is 0.162 e. The van der Waals surface area contributed by atoms with Crippen molar-refractivity contribution in [2.45, 2.75) is 26.0 Å². The van der Waals surface area contributed by atoms with Crippen LogP contribution in [0.3, 0.4) is 0 Å². The molecule has 0 saturated heterocycles. The molecule has 0 aromatic heterocycles. The summed E-state index contributed by atoms with van der Waals surface area (Å²) in [6.07, 6.45) is 0.428. The van der Waals surface area contributed by atoms with E-state index >= 15 is 0 Å². The lowest BCUT2D eigenvalue weighted by atomic mass is 10.1. The maximum atomic E-state index is 9.91. The standard InChI is InChI=1S/C13H21NO3/c1-10(15)7-8-14(2)9-11-5-4-6-12(17-3)13(11)16/h4-6,10,15-16H,7-9H2,1-3H3. The molecule has 1 aromatic carbocycles. The van der Waals surface area contributed by atoms with Gasteiger partial charge in [0.15, 0.2) is 11.5 Å². The first-order valence-corrected chi connectivity index (χ1v) is 5.76. The lowest BCUT2D eigenvalue weighted by Gasteiger charge is -2.18. The summed E-state index contributed by atoms with van der Waals surface area (Å²) >= 11 is 0. The number of methoxy groups -OCH3 is 1. The van der Waals surface area contributed by atoms with Crippen molar-refractivity contribution in [3.8, 4) is 11.5 Å². The van der Waals surface area contributed by atoms with E-state index in [0.717, 1.165) is 18.5 Å². The molecule has 0 amide bonds. The van der Waals surface area contributed by atoms with Crippen LogP contribution in [0, 0.1) is 0 Å². The first-order valence-electron chi connectivity index (χ1n) is 5.76. The minimum absolute atomic E-state index is 0.193. The number of para-hydroxylation sites is 1. The molecule has 0 spiro atoms. The van der Waals surface area contributed by atoms with Crippen LogP contribution in [0.4, 0.5) is 0 Å². The Balaban J connectivity index is 2.62. The third-order valence-corrected chi connectivity index (χ3v) is 2.67. The van der Waals surface area contributed by atoms with Crippen molar-refractivity contribution in [1.29, 1.82) is 0 Å². The molecule has 4 heteroatoms. The number of hydrogen-bond donors (Lipinski definition) is 2. The maximum absolute atomic E-state index is 9.91. The van der Waals surface area contributed by atoms with Crippen LogP contribution in [-0.2, 0) is 6.54 Å². The number of nitrogens with zero attached hydrogens (tertiary/aromatic N) is 1. The van der Waals surface area contributed by atoms with Crippen molar-refractivity contribution in [3.05, 3.63) is 23.8 Å². The Morgan fingerprint density at radius 3 is 2.71 bits per heavy atom. The smallest absolute Gasteiger partial charge is 0.162 e. The SMILES string of the molecule is COc1cccc(CN(C)CCC(C)O)c1O. The van der Waals surface area contributed by atoms with E-state index in [1.165, 1.54) is 7.11 Å². The molecule has 0 radical (unpaired) electrons. The Bertz CT molecular complexity index is 353. The highest BCUT2D eigenvalue weighted by Gasteiger charge is 2.09. The highest BCUT2D eigenvalue weighted by molar-refractivity contribution is 5.45. The second kappa shape index (κ2) is 6.47. The molecule has 2 N–H and O–H groups in total. The van der Waals surface area contributed by atoms with Crippen LogP contribution < -0.4 is 4.74 Å². The zero-order chi connectivity index (χ0) is 12.8. The van der Waals surface area contributed by atoms with Crippen molar-refractivity contribution >= 4 is 0 Å². The molecule has 1 atom stereocenters. The fraction of sp³-hybridized carbons (Fsp3) is 0.538. The van der Waals surface area contributed by atoms with Gasteiger partial charge in [0.1, 0.15) is 0 Å². The topological polar surface area (TPSA) is 52.9 Å². The van der Waals surface area contributed by atoms with Gasteiger partial charge in [-0.1, -0.05) is 12.1 Å². The number of benzene rings is 1. The number of ether oxygens (including phenoxy) is 1. The van der Waals surface area contributed by atoms with Gasteiger partial charge in [-0.2, -0.15) is 0 Å². The quantitative estimate of drug-likeness (QED) is 0.792. The first-order chi connectivity index (χ1) is 8.04. The van der Waals surface area contributed by atoms with Crippen LogP contribution in [0.1, 0.15) is 18.9 Å². The normalized spacial score (nSPS) is 12.8. The van der Waals surface area contributed by atoms with Crippen LogP contribution in [-0.4, -0.2) is 41.9 Å². The molecule has 1 rings (SSSR count). The second-order valence-electron chi connectivity index (χ2n) is 4.34. The predicted octanol–water partition coefficient (Wildman–Crippen LogP) is 1.60. The zero-order valence-corrected chi connectivity index (χ0v) is 10.7. The summed E-state index contributed by atoms with van der Waals surface area (Å²) in [6.45, 7) is 3.20. The van der Waals surface area contributed by atoms with Gasteiger partial charge in [0.2, 0.25) is 0 Å². The van der Waals surface area contributed by atoms with Gasteiger partial charge in [0.25, 0.3) is 0 Å². The molecule has 4 nitrogen and oxygen atoms in total. The largest absolute Gasteiger partial charge is 0.504 e. The van der Waals surface area contributed by atoms with Crippen molar-refractivity contribution in [3.63, 3.8) is 0 Å². The van der Waals surface area contributed by atoms with E-state index in [2.05, 4.69) is 4.90 Å². The fourth-order valence-corrected chi connectivity index (χ4v) is 1.64. The van der Waals surface area contributed by atoms with Crippen LogP contribution in [0.15, 0.2) is 18.2 Å². The summed E-state index contributed by atoms with van der Waals surface area (Å²) in [5, 5.41) is 19.1. The van der Waals surface area contributed by atoms with Gasteiger partial charge in [-0.15, -0.1) is 0 Å². The molecule has 0 heterocycles. The Labute approximate surface area is 102 Å². The molecular weight excluding hydrogens is 218 g/mol. The summed E-state index contributed by atoms with van der Waals surface area (Å²) in [5.74, 6) is 0.685. The summed E-state index contributed by atoms with van der Waals surface area (Å²) in [5.41, 5.74) is 0.831. The van der Waals surface area contributed by atoms with Gasteiger partial charge in [-0.05, 0) is 26.5 Å². The molecule has 0 bridgehead atoms. The molecule has 0 aliphatic carbocycles. The number of phenolic OH excluding ortho intramolecular Hbond substituents is 1. The molecule has 17 heavy (non-hydrogen) atoms. The average molecular weight is 239 g/mol. The van der Waals surface area contributed by atoms with E-state index in [9.17, 15) is 10.2 Å². The van der Waals surface area contributed by atoms with E-state index in [1.807, 2.05) is 19.2 Å². The number of phenols is 1. The lowest BCUT2D eigenvalue weighted by molar-refractivity contribution is 0.162. The molecule has 96 valence electrons. The number of rotatable bonds is 6. The molecule has 0 aliphatic heterocycles. The number of hydrogen-bond acceptors (Lipinski definition) is 4. The Hall–Kier alpha value is -1.26. The molecular formula is C13H21NO3. The molecule has 1 aromatic rings. The van der Waals surface area contributed by atoms with Crippen molar-refractivity contribution in [2.75, 3.05) is 20.7 Å². The monoisotopic (exact) mass is 239 g/mol. The van der Waals surface area contributed by atoms with E-state index in [1.54, 1.807) is 13.0 Å². The number of aliphatic hydroxyl groups is 1. The van der Waals surface area contributed by atoms with Crippen molar-refractivity contribution in [1.82, 2.24) is 4.90 Å². The van der Waals surface area contributed by atoms with Crippen LogP contribution >= 0.6 is 0 Å². The fourth-order valence-electron chi connectivity index (χ4n) is 1.64. The summed E-state index contributed by atoms with van der Waals surface area (Å²) in [6, 6.07) is 5.46. The van der Waals surface area contributed by atoms with Gasteiger partial charge in [0, 0.05) is 18.7 Å². The molecule has 0 saturated carbocycles. The third-order valence-electron chi connectivity index (χ3n) is 2.67. The summed E-state index contributed by atoms with van der Waals surface area (Å²) < 4.78 is 5.06. The minimum Gasteiger partial charge on any atom is -0.504 e. The lowest BCUT2D eigenvalue weighted by Crippen LogP contribution is -2.22. The number of aliphatic hydroxyl groups excluding tert-OH is 1. The average Bonchev–Trinajstić information content (AvgIpc) is 2.29. The van der Waals surface area contributed by atoms with Crippen LogP contribution in [0.5, 0.6) is 11.5 Å². The van der Waals surface area contributed by atoms with E-state index in [0.29, 0.717) is 12.3 Å². The van der Waals surface area contributed by atoms with E-state index in [-0.39, 0.29) is 11.9 Å². The predicted molar refractivity (Wildman–Crippen MR) is 67.3 cm³/mol. The van der Waals surface area contributed by atoms with Crippen molar-refractivity contribution in [2.24, 2.45) is 0 Å². The number of aromatic hydroxyl groups is 1. The molecule has 0 fully saturated rings. The summed E-state index contributed by atoms with van der Waals surface area (Å²) in [4.78, 5) is 2.06. The van der Waals surface area contributed by atoms with E-state index in [4.69, 9.17) is 4.74 Å². The van der Waals surface area contributed by atoms with E-state index < -0.39 is 0 Å². The molecule has 0 aliphatic rings. The van der Waals surface area contributed by atoms with Gasteiger partial charge < -0.3 is 19.8 Å². The van der Waals surface area contributed by atoms with Gasteiger partial charge in [-0.3, -0.25) is 0 Å². The second-order valence-corrected chi connectivity index (χ2v) is 4.34. The van der Waals surface area contributed by atoms with Crippen LogP contribution in [0.25, 0.3) is 0 Å².